The molecule has 0 aromatic rings. The molecule has 1 spiro atoms. The summed E-state index contributed by atoms with van der Waals surface area (Å²) in [5.41, 5.74) is -0.789. The summed E-state index contributed by atoms with van der Waals surface area (Å²) in [6.07, 6.45) is 5.84. The topological polar surface area (TPSA) is 90.5 Å². The number of nitrogens with one attached hydrogen (secondary N) is 3. The van der Waals surface area contributed by atoms with Crippen LogP contribution in [0.15, 0.2) is 0 Å². The Kier molecular flexibility index (Phi) is 5.08. The van der Waals surface area contributed by atoms with Crippen LogP contribution >= 0.6 is 0 Å². The molecule has 3 rings (SSSR count). The fourth-order valence-electron chi connectivity index (χ4n) is 4.19. The molecule has 2 heterocycles. The van der Waals surface area contributed by atoms with Gasteiger partial charge in [0, 0.05) is 6.54 Å². The third kappa shape index (κ3) is 3.27. The van der Waals surface area contributed by atoms with Crippen LogP contribution in [0, 0.1) is 11.8 Å². The molecule has 2 aliphatic heterocycles. The van der Waals surface area contributed by atoms with Crippen molar-refractivity contribution in [2.24, 2.45) is 11.8 Å². The van der Waals surface area contributed by atoms with Gasteiger partial charge in [-0.25, -0.2) is 4.79 Å². The van der Waals surface area contributed by atoms with Crippen molar-refractivity contribution in [3.63, 3.8) is 0 Å². The SMILES string of the molecule is CC1CCCCC12NC(=O)N(CC(=O)NCC1CCCNC1)C2=O. The van der Waals surface area contributed by atoms with Gasteiger partial charge in [-0.15, -0.1) is 0 Å². The van der Waals surface area contributed by atoms with Gasteiger partial charge in [-0.1, -0.05) is 19.8 Å². The van der Waals surface area contributed by atoms with E-state index < -0.39 is 11.6 Å². The molecule has 3 aliphatic rings. The Bertz CT molecular complexity index is 518. The van der Waals surface area contributed by atoms with Gasteiger partial charge in [0.1, 0.15) is 12.1 Å². The van der Waals surface area contributed by atoms with Gasteiger partial charge in [-0.05, 0) is 50.6 Å². The summed E-state index contributed by atoms with van der Waals surface area (Å²) in [7, 11) is 0. The van der Waals surface area contributed by atoms with Crippen molar-refractivity contribution in [2.75, 3.05) is 26.2 Å². The Labute approximate surface area is 142 Å². The van der Waals surface area contributed by atoms with E-state index in [1.54, 1.807) is 0 Å². The molecule has 7 nitrogen and oxygen atoms in total. The van der Waals surface area contributed by atoms with E-state index in [1.807, 2.05) is 6.92 Å². The highest BCUT2D eigenvalue weighted by Crippen LogP contribution is 2.38. The number of carbonyl (C=O) groups is 3. The Hall–Kier alpha value is -1.63. The highest BCUT2D eigenvalue weighted by atomic mass is 16.2. The minimum atomic E-state index is -0.789. The lowest BCUT2D eigenvalue weighted by Crippen LogP contribution is -2.54. The molecule has 0 aromatic carbocycles. The molecular weight excluding hydrogens is 308 g/mol. The first-order chi connectivity index (χ1) is 11.5. The van der Waals surface area contributed by atoms with Gasteiger partial charge in [-0.2, -0.15) is 0 Å². The highest BCUT2D eigenvalue weighted by molar-refractivity contribution is 6.09. The van der Waals surface area contributed by atoms with Crippen molar-refractivity contribution in [3.8, 4) is 0 Å². The van der Waals surface area contributed by atoms with Crippen LogP contribution in [0.4, 0.5) is 4.79 Å². The van der Waals surface area contributed by atoms with Crippen LogP contribution in [0.25, 0.3) is 0 Å². The predicted molar refractivity (Wildman–Crippen MR) is 89.2 cm³/mol. The van der Waals surface area contributed by atoms with E-state index in [2.05, 4.69) is 16.0 Å². The Balaban J connectivity index is 1.55. The lowest BCUT2D eigenvalue weighted by Gasteiger charge is -2.36. The van der Waals surface area contributed by atoms with Crippen molar-refractivity contribution in [1.29, 1.82) is 0 Å². The molecule has 0 bridgehead atoms. The van der Waals surface area contributed by atoms with Crippen LogP contribution in [0.1, 0.15) is 45.4 Å². The number of carbonyl (C=O) groups excluding carboxylic acids is 3. The Morgan fingerprint density at radius 3 is 2.83 bits per heavy atom. The molecule has 24 heavy (non-hydrogen) atoms. The first kappa shape index (κ1) is 17.2. The third-order valence-electron chi connectivity index (χ3n) is 5.79. The number of imide groups is 1. The van der Waals surface area contributed by atoms with Crippen LogP contribution in [0.5, 0.6) is 0 Å². The summed E-state index contributed by atoms with van der Waals surface area (Å²) < 4.78 is 0. The normalized spacial score (nSPS) is 33.6. The van der Waals surface area contributed by atoms with Crippen molar-refractivity contribution in [2.45, 2.75) is 51.0 Å². The zero-order valence-electron chi connectivity index (χ0n) is 14.4. The minimum absolute atomic E-state index is 0.115. The predicted octanol–water partition coefficient (Wildman–Crippen LogP) is 0.603. The maximum Gasteiger partial charge on any atom is 0.325 e. The van der Waals surface area contributed by atoms with Gasteiger partial charge >= 0.3 is 6.03 Å². The monoisotopic (exact) mass is 336 g/mol. The second kappa shape index (κ2) is 7.09. The Morgan fingerprint density at radius 1 is 1.29 bits per heavy atom. The summed E-state index contributed by atoms with van der Waals surface area (Å²) in [6, 6.07) is -0.428. The van der Waals surface area contributed by atoms with Gasteiger partial charge in [0.15, 0.2) is 0 Å². The van der Waals surface area contributed by atoms with Crippen molar-refractivity contribution in [1.82, 2.24) is 20.9 Å². The van der Waals surface area contributed by atoms with Crippen LogP contribution in [0.2, 0.25) is 0 Å². The van der Waals surface area contributed by atoms with E-state index in [4.69, 9.17) is 0 Å². The van der Waals surface area contributed by atoms with E-state index in [0.29, 0.717) is 18.9 Å². The van der Waals surface area contributed by atoms with Crippen LogP contribution in [-0.2, 0) is 9.59 Å². The van der Waals surface area contributed by atoms with E-state index in [0.717, 1.165) is 50.1 Å². The fourth-order valence-corrected chi connectivity index (χ4v) is 4.19. The molecule has 2 saturated heterocycles. The summed E-state index contributed by atoms with van der Waals surface area (Å²) in [5, 5.41) is 9.06. The number of amides is 4. The van der Waals surface area contributed by atoms with Crippen molar-refractivity contribution < 1.29 is 14.4 Å². The van der Waals surface area contributed by atoms with Crippen molar-refractivity contribution in [3.05, 3.63) is 0 Å². The lowest BCUT2D eigenvalue weighted by atomic mass is 9.73. The van der Waals surface area contributed by atoms with E-state index in [9.17, 15) is 14.4 Å². The third-order valence-corrected chi connectivity index (χ3v) is 5.79. The molecule has 134 valence electrons. The molecule has 3 N–H and O–H groups in total. The summed E-state index contributed by atoms with van der Waals surface area (Å²) in [5.74, 6) is 0.0540. The number of hydrogen-bond donors (Lipinski definition) is 3. The molecule has 7 heteroatoms. The lowest BCUT2D eigenvalue weighted by molar-refractivity contribution is -0.137. The average Bonchev–Trinajstić information content (AvgIpc) is 2.82. The van der Waals surface area contributed by atoms with E-state index in [-0.39, 0.29) is 24.3 Å². The van der Waals surface area contributed by atoms with Gasteiger partial charge in [0.25, 0.3) is 5.91 Å². The average molecular weight is 336 g/mol. The molecule has 1 saturated carbocycles. The number of urea groups is 1. The van der Waals surface area contributed by atoms with E-state index in [1.165, 1.54) is 0 Å². The molecule has 0 radical (unpaired) electrons. The van der Waals surface area contributed by atoms with E-state index >= 15 is 0 Å². The summed E-state index contributed by atoms with van der Waals surface area (Å²) in [4.78, 5) is 38.3. The largest absolute Gasteiger partial charge is 0.354 e. The number of hydrogen-bond acceptors (Lipinski definition) is 4. The molecule has 3 fully saturated rings. The molecule has 1 aliphatic carbocycles. The van der Waals surface area contributed by atoms with Gasteiger partial charge in [0.2, 0.25) is 5.91 Å². The van der Waals surface area contributed by atoms with Crippen LogP contribution in [-0.4, -0.2) is 54.5 Å². The van der Waals surface area contributed by atoms with Gasteiger partial charge < -0.3 is 16.0 Å². The first-order valence-electron chi connectivity index (χ1n) is 9.14. The maximum absolute atomic E-state index is 12.8. The highest BCUT2D eigenvalue weighted by Gasteiger charge is 2.55. The van der Waals surface area contributed by atoms with Crippen LogP contribution in [0.3, 0.4) is 0 Å². The number of rotatable bonds is 4. The molecule has 3 unspecified atom stereocenters. The maximum atomic E-state index is 12.8. The standard InChI is InChI=1S/C17H28N4O3/c1-12-5-2-3-7-17(12)15(23)21(16(24)20-17)11-14(22)19-10-13-6-4-8-18-9-13/h12-13,18H,2-11H2,1H3,(H,19,22)(H,20,24). The van der Waals surface area contributed by atoms with Crippen LogP contribution < -0.4 is 16.0 Å². The van der Waals surface area contributed by atoms with Gasteiger partial charge in [-0.3, -0.25) is 14.5 Å². The Morgan fingerprint density at radius 2 is 2.12 bits per heavy atom. The minimum Gasteiger partial charge on any atom is -0.354 e. The zero-order chi connectivity index (χ0) is 17.2. The zero-order valence-corrected chi connectivity index (χ0v) is 14.4. The summed E-state index contributed by atoms with van der Waals surface area (Å²) in [6.45, 7) is 4.37. The smallest absolute Gasteiger partial charge is 0.325 e. The molecular formula is C17H28N4O3. The summed E-state index contributed by atoms with van der Waals surface area (Å²) >= 11 is 0. The van der Waals surface area contributed by atoms with Crippen molar-refractivity contribution >= 4 is 17.8 Å². The van der Waals surface area contributed by atoms with Gasteiger partial charge in [0.05, 0.1) is 0 Å². The quantitative estimate of drug-likeness (QED) is 0.656. The fraction of sp³-hybridized carbons (Fsp3) is 0.824. The first-order valence-corrected chi connectivity index (χ1v) is 9.14. The second-order valence-electron chi connectivity index (χ2n) is 7.46. The molecule has 4 amide bonds. The molecule has 0 aromatic heterocycles. The number of piperidine rings is 1. The second-order valence-corrected chi connectivity index (χ2v) is 7.46. The number of nitrogens with zero attached hydrogens (tertiary/aromatic N) is 1. The molecule has 3 atom stereocenters.